The predicted molar refractivity (Wildman–Crippen MR) is 107 cm³/mol. The number of nitrogens with one attached hydrogen (secondary N) is 1. The highest BCUT2D eigenvalue weighted by Crippen LogP contribution is 2.19. The Morgan fingerprint density at radius 1 is 1.17 bits per heavy atom. The summed E-state index contributed by atoms with van der Waals surface area (Å²) < 4.78 is 34.2. The van der Waals surface area contributed by atoms with Crippen LogP contribution in [-0.4, -0.2) is 22.3 Å². The smallest absolute Gasteiger partial charge is 0.225 e. The van der Waals surface area contributed by atoms with Gasteiger partial charge in [0.15, 0.2) is 0 Å². The molecule has 1 heterocycles. The van der Waals surface area contributed by atoms with Crippen molar-refractivity contribution in [2.24, 2.45) is 0 Å². The molecule has 1 N–H and O–H groups in total. The van der Waals surface area contributed by atoms with Crippen LogP contribution in [0.1, 0.15) is 30.0 Å². The Hall–Kier alpha value is -3.22. The Bertz CT molecular complexity index is 984. The number of carbonyl (C=O) groups excluding carboxylic acids is 1. The zero-order chi connectivity index (χ0) is 20.8. The minimum Gasteiger partial charge on any atom is -0.494 e. The second-order valence-electron chi connectivity index (χ2n) is 6.69. The molecule has 1 aromatic heterocycles. The lowest BCUT2D eigenvalue weighted by Crippen LogP contribution is -2.17. The normalized spacial score (nSPS) is 10.8. The van der Waals surface area contributed by atoms with Crippen molar-refractivity contribution in [3.8, 4) is 5.75 Å². The van der Waals surface area contributed by atoms with Crippen LogP contribution in [-0.2, 0) is 17.8 Å². The third kappa shape index (κ3) is 5.40. The molecule has 7 heteroatoms. The Kier molecular flexibility index (Phi) is 6.59. The van der Waals surface area contributed by atoms with Gasteiger partial charge in [-0.05, 0) is 56.2 Å². The topological polar surface area (TPSA) is 56.1 Å². The number of hydrogen-bond acceptors (Lipinski definition) is 3. The lowest BCUT2D eigenvalue weighted by Gasteiger charge is -2.11. The summed E-state index contributed by atoms with van der Waals surface area (Å²) in [7, 11) is 0. The number of anilines is 1. The molecule has 2 aromatic carbocycles. The second kappa shape index (κ2) is 9.32. The van der Waals surface area contributed by atoms with Crippen molar-refractivity contribution in [1.29, 1.82) is 0 Å². The quantitative estimate of drug-likeness (QED) is 0.607. The fourth-order valence-electron chi connectivity index (χ4n) is 2.96. The highest BCUT2D eigenvalue weighted by Gasteiger charge is 2.14. The van der Waals surface area contributed by atoms with Crippen LogP contribution in [0.4, 0.5) is 14.6 Å². The maximum atomic E-state index is 13.9. The van der Waals surface area contributed by atoms with Crippen molar-refractivity contribution in [3.05, 3.63) is 77.0 Å². The van der Waals surface area contributed by atoms with Gasteiger partial charge in [-0.1, -0.05) is 12.1 Å². The van der Waals surface area contributed by atoms with E-state index in [1.54, 1.807) is 13.1 Å². The molecule has 0 aliphatic carbocycles. The van der Waals surface area contributed by atoms with E-state index in [1.165, 1.54) is 4.68 Å². The molecule has 0 bridgehead atoms. The van der Waals surface area contributed by atoms with Gasteiger partial charge in [-0.3, -0.25) is 4.79 Å². The minimum atomic E-state index is -0.522. The first kappa shape index (κ1) is 20.5. The average Bonchev–Trinajstić information content (AvgIpc) is 3.04. The fourth-order valence-corrected chi connectivity index (χ4v) is 2.96. The molecule has 3 rings (SSSR count). The summed E-state index contributed by atoms with van der Waals surface area (Å²) in [5.74, 6) is 0.0529. The Balaban J connectivity index is 1.63. The molecule has 0 unspecified atom stereocenters. The average molecular weight is 399 g/mol. The molecule has 3 aromatic rings. The van der Waals surface area contributed by atoms with Gasteiger partial charge in [0.05, 0.1) is 19.3 Å². The van der Waals surface area contributed by atoms with Gasteiger partial charge >= 0.3 is 0 Å². The first-order chi connectivity index (χ1) is 14.0. The molecule has 0 aliphatic heterocycles. The van der Waals surface area contributed by atoms with E-state index in [1.807, 2.05) is 31.2 Å². The number of amides is 1. The molecular weight excluding hydrogens is 376 g/mol. The maximum absolute atomic E-state index is 13.9. The van der Waals surface area contributed by atoms with Gasteiger partial charge in [-0.2, -0.15) is 5.10 Å². The molecule has 0 spiro atoms. The van der Waals surface area contributed by atoms with Gasteiger partial charge in [0.1, 0.15) is 23.2 Å². The van der Waals surface area contributed by atoms with Gasteiger partial charge in [0.25, 0.3) is 0 Å². The van der Waals surface area contributed by atoms with E-state index >= 15 is 0 Å². The highest BCUT2D eigenvalue weighted by atomic mass is 19.1. The van der Waals surface area contributed by atoms with Gasteiger partial charge in [0.2, 0.25) is 5.91 Å². The molecule has 0 fully saturated rings. The zero-order valence-corrected chi connectivity index (χ0v) is 16.4. The van der Waals surface area contributed by atoms with Crippen LogP contribution >= 0.6 is 0 Å². The largest absolute Gasteiger partial charge is 0.494 e. The summed E-state index contributed by atoms with van der Waals surface area (Å²) in [6, 6.07) is 10.9. The summed E-state index contributed by atoms with van der Waals surface area (Å²) in [5, 5.41) is 7.01. The van der Waals surface area contributed by atoms with E-state index in [4.69, 9.17) is 4.74 Å². The molecule has 0 saturated heterocycles. The van der Waals surface area contributed by atoms with E-state index in [9.17, 15) is 13.6 Å². The first-order valence-corrected chi connectivity index (χ1v) is 9.44. The van der Waals surface area contributed by atoms with Crippen LogP contribution in [0.2, 0.25) is 0 Å². The molecule has 152 valence electrons. The monoisotopic (exact) mass is 399 g/mol. The molecule has 0 atom stereocenters. The van der Waals surface area contributed by atoms with Gasteiger partial charge in [-0.25, -0.2) is 13.5 Å². The molecule has 0 saturated carbocycles. The Labute approximate surface area is 168 Å². The number of carbonyl (C=O) groups is 1. The number of halogens is 2. The van der Waals surface area contributed by atoms with Crippen LogP contribution in [0.3, 0.4) is 0 Å². The third-order valence-electron chi connectivity index (χ3n) is 4.48. The SMILES string of the molecule is CCOc1ccc(CCC(=O)Nc2c(C)cnn2Cc2cc(F)ccc2F)cc1. The zero-order valence-electron chi connectivity index (χ0n) is 16.4. The fraction of sp³-hybridized carbons (Fsp3) is 0.273. The number of rotatable bonds is 8. The van der Waals surface area contributed by atoms with Crippen LogP contribution < -0.4 is 10.1 Å². The Morgan fingerprint density at radius 3 is 2.66 bits per heavy atom. The molecule has 0 radical (unpaired) electrons. The number of aryl methyl sites for hydroxylation is 2. The van der Waals surface area contributed by atoms with E-state index in [0.717, 1.165) is 35.1 Å². The lowest BCUT2D eigenvalue weighted by atomic mass is 10.1. The summed E-state index contributed by atoms with van der Waals surface area (Å²) in [6.45, 7) is 4.35. The van der Waals surface area contributed by atoms with Crippen LogP contribution in [0.15, 0.2) is 48.7 Å². The predicted octanol–water partition coefficient (Wildman–Crippen LogP) is 4.49. The van der Waals surface area contributed by atoms with Crippen LogP contribution in [0, 0.1) is 18.6 Å². The van der Waals surface area contributed by atoms with Crippen LogP contribution in [0.5, 0.6) is 5.75 Å². The number of nitrogens with zero attached hydrogens (tertiary/aromatic N) is 2. The van der Waals surface area contributed by atoms with Gasteiger partial charge in [-0.15, -0.1) is 0 Å². The number of hydrogen-bond donors (Lipinski definition) is 1. The van der Waals surface area contributed by atoms with E-state index in [0.29, 0.717) is 18.8 Å². The summed E-state index contributed by atoms with van der Waals surface area (Å²) >= 11 is 0. The summed E-state index contributed by atoms with van der Waals surface area (Å²) in [5.41, 5.74) is 1.94. The molecule has 29 heavy (non-hydrogen) atoms. The Morgan fingerprint density at radius 2 is 1.93 bits per heavy atom. The lowest BCUT2D eigenvalue weighted by molar-refractivity contribution is -0.116. The summed E-state index contributed by atoms with van der Waals surface area (Å²) in [4.78, 5) is 12.4. The van der Waals surface area contributed by atoms with Crippen molar-refractivity contribution >= 4 is 11.7 Å². The van der Waals surface area contributed by atoms with Crippen molar-refractivity contribution in [3.63, 3.8) is 0 Å². The highest BCUT2D eigenvalue weighted by molar-refractivity contribution is 5.90. The van der Waals surface area contributed by atoms with E-state index in [-0.39, 0.29) is 24.4 Å². The summed E-state index contributed by atoms with van der Waals surface area (Å²) in [6.07, 6.45) is 2.44. The third-order valence-corrected chi connectivity index (χ3v) is 4.48. The number of aromatic nitrogens is 2. The van der Waals surface area contributed by atoms with Crippen molar-refractivity contribution in [1.82, 2.24) is 9.78 Å². The van der Waals surface area contributed by atoms with Crippen molar-refractivity contribution in [2.75, 3.05) is 11.9 Å². The van der Waals surface area contributed by atoms with Gasteiger partial charge < -0.3 is 10.1 Å². The molecule has 1 amide bonds. The standard InChI is InChI=1S/C22H23F2N3O2/c1-3-29-19-8-4-16(5-9-19)6-11-21(28)26-22-15(2)13-25-27(22)14-17-12-18(23)7-10-20(17)24/h4-5,7-10,12-13H,3,6,11,14H2,1-2H3,(H,26,28). The maximum Gasteiger partial charge on any atom is 0.225 e. The molecular formula is C22H23F2N3O2. The van der Waals surface area contributed by atoms with Crippen molar-refractivity contribution in [2.45, 2.75) is 33.2 Å². The van der Waals surface area contributed by atoms with Crippen LogP contribution in [0.25, 0.3) is 0 Å². The van der Waals surface area contributed by atoms with Gasteiger partial charge in [0, 0.05) is 17.5 Å². The van der Waals surface area contributed by atoms with E-state index < -0.39 is 11.6 Å². The number of ether oxygens (including phenoxy) is 1. The molecule has 0 aliphatic rings. The first-order valence-electron chi connectivity index (χ1n) is 9.44. The minimum absolute atomic E-state index is 0.0198. The van der Waals surface area contributed by atoms with E-state index in [2.05, 4.69) is 10.4 Å². The second-order valence-corrected chi connectivity index (χ2v) is 6.69. The van der Waals surface area contributed by atoms with Crippen molar-refractivity contribution < 1.29 is 18.3 Å². The molecule has 5 nitrogen and oxygen atoms in total. The number of benzene rings is 2.